The van der Waals surface area contributed by atoms with Crippen LogP contribution in [-0.4, -0.2) is 49.3 Å². The Kier molecular flexibility index (Phi) is 4.22. The molecule has 0 radical (unpaired) electrons. The summed E-state index contributed by atoms with van der Waals surface area (Å²) in [6.45, 7) is 5.56. The van der Waals surface area contributed by atoms with Gasteiger partial charge in [0.1, 0.15) is 5.84 Å². The molecule has 138 valence electrons. The maximum atomic E-state index is 5.99. The Morgan fingerprint density at radius 2 is 1.81 bits per heavy atom. The van der Waals surface area contributed by atoms with Crippen LogP contribution in [0.4, 0.5) is 11.4 Å². The highest BCUT2D eigenvalue weighted by Gasteiger charge is 2.25. The average molecular weight is 381 g/mol. The quantitative estimate of drug-likeness (QED) is 0.859. The van der Waals surface area contributed by atoms with Crippen LogP contribution in [0.5, 0.6) is 0 Å². The summed E-state index contributed by atoms with van der Waals surface area (Å²) in [5.41, 5.74) is 7.72. The van der Waals surface area contributed by atoms with Crippen molar-refractivity contribution in [2.45, 2.75) is 6.54 Å². The van der Waals surface area contributed by atoms with Gasteiger partial charge in [0.2, 0.25) is 0 Å². The largest absolute Gasteiger partial charge is 0.369 e. The number of anilines is 1. The number of hydrazone groups is 1. The lowest BCUT2D eigenvalue weighted by Gasteiger charge is -2.36. The summed E-state index contributed by atoms with van der Waals surface area (Å²) in [4.78, 5) is 9.68. The van der Waals surface area contributed by atoms with Gasteiger partial charge >= 0.3 is 0 Å². The topological polar surface area (TPSA) is 55.3 Å². The van der Waals surface area contributed by atoms with Crippen molar-refractivity contribution in [3.05, 3.63) is 58.6 Å². The van der Waals surface area contributed by atoms with Crippen molar-refractivity contribution in [2.24, 2.45) is 10.1 Å². The molecule has 0 aromatic heterocycles. The van der Waals surface area contributed by atoms with Gasteiger partial charge in [-0.3, -0.25) is 4.90 Å². The van der Waals surface area contributed by atoms with Crippen molar-refractivity contribution in [1.29, 1.82) is 0 Å². The zero-order chi connectivity index (χ0) is 18.2. The van der Waals surface area contributed by atoms with Crippen LogP contribution in [0.15, 0.2) is 52.6 Å². The van der Waals surface area contributed by atoms with E-state index in [9.17, 15) is 0 Å². The van der Waals surface area contributed by atoms with Crippen LogP contribution in [0.1, 0.15) is 11.1 Å². The average Bonchev–Trinajstić information content (AvgIpc) is 2.70. The molecule has 7 heteroatoms. The third-order valence-electron chi connectivity index (χ3n) is 5.28. The molecule has 6 nitrogen and oxygen atoms in total. The van der Waals surface area contributed by atoms with Crippen LogP contribution in [0.3, 0.4) is 0 Å². The first kappa shape index (κ1) is 16.6. The Bertz CT molecular complexity index is 913. The molecular weight excluding hydrogens is 360 g/mol. The van der Waals surface area contributed by atoms with Crippen LogP contribution >= 0.6 is 11.6 Å². The van der Waals surface area contributed by atoms with Gasteiger partial charge in [-0.2, -0.15) is 5.10 Å². The number of nitrogens with zero attached hydrogens (tertiary/aromatic N) is 4. The van der Waals surface area contributed by atoms with Crippen LogP contribution in [0.25, 0.3) is 0 Å². The number of halogens is 1. The van der Waals surface area contributed by atoms with Crippen LogP contribution < -0.4 is 15.6 Å². The Morgan fingerprint density at radius 1 is 1.00 bits per heavy atom. The minimum absolute atomic E-state index is 0.756. The molecule has 27 heavy (non-hydrogen) atoms. The SMILES string of the molecule is Clc1ccc(N2CCN(CC3=Nc4cccc5c4C(=NNC5)N3)CC2)cc1. The van der Waals surface area contributed by atoms with E-state index in [1.807, 2.05) is 12.1 Å². The number of benzene rings is 2. The maximum absolute atomic E-state index is 5.99. The third kappa shape index (κ3) is 3.26. The fraction of sp³-hybridized carbons (Fsp3) is 0.300. The summed E-state index contributed by atoms with van der Waals surface area (Å²) in [7, 11) is 0. The highest BCUT2D eigenvalue weighted by molar-refractivity contribution is 6.30. The molecule has 3 aliphatic heterocycles. The fourth-order valence-corrected chi connectivity index (χ4v) is 3.99. The lowest BCUT2D eigenvalue weighted by atomic mass is 10.0. The van der Waals surface area contributed by atoms with Gasteiger partial charge in [-0.15, -0.1) is 0 Å². The molecule has 2 aromatic carbocycles. The standard InChI is InChI=1S/C20H21ClN6/c21-15-4-6-16(7-5-15)27-10-8-26(9-11-27)13-18-23-17-3-1-2-14-12-22-25-20(24-18)19(14)17/h1-7,22H,8-13H2,(H,23,24,25). The zero-order valence-corrected chi connectivity index (χ0v) is 15.7. The van der Waals surface area contributed by atoms with Crippen molar-refractivity contribution in [2.75, 3.05) is 37.6 Å². The Labute approximate surface area is 163 Å². The van der Waals surface area contributed by atoms with Crippen molar-refractivity contribution >= 4 is 34.6 Å². The lowest BCUT2D eigenvalue weighted by Crippen LogP contribution is -2.51. The predicted octanol–water partition coefficient (Wildman–Crippen LogP) is 2.56. The molecule has 1 fully saturated rings. The van der Waals surface area contributed by atoms with Crippen molar-refractivity contribution in [3.8, 4) is 0 Å². The summed E-state index contributed by atoms with van der Waals surface area (Å²) in [5, 5.41) is 8.64. The Morgan fingerprint density at radius 3 is 2.63 bits per heavy atom. The van der Waals surface area contributed by atoms with E-state index in [0.29, 0.717) is 0 Å². The minimum atomic E-state index is 0.756. The van der Waals surface area contributed by atoms with Gasteiger partial charge in [0.05, 0.1) is 18.8 Å². The first-order valence-electron chi connectivity index (χ1n) is 9.26. The number of amidine groups is 2. The van der Waals surface area contributed by atoms with Crippen LogP contribution in [0, 0.1) is 0 Å². The smallest absolute Gasteiger partial charge is 0.161 e. The van der Waals surface area contributed by atoms with Gasteiger partial charge in [-0.25, -0.2) is 4.99 Å². The van der Waals surface area contributed by atoms with E-state index in [4.69, 9.17) is 16.6 Å². The first-order chi connectivity index (χ1) is 13.3. The van der Waals surface area contributed by atoms with Gasteiger partial charge in [0, 0.05) is 42.5 Å². The van der Waals surface area contributed by atoms with Gasteiger partial charge < -0.3 is 15.6 Å². The van der Waals surface area contributed by atoms with E-state index in [-0.39, 0.29) is 0 Å². The summed E-state index contributed by atoms with van der Waals surface area (Å²) >= 11 is 5.99. The van der Waals surface area contributed by atoms with Gasteiger partial charge in [-0.05, 0) is 35.9 Å². The van der Waals surface area contributed by atoms with E-state index >= 15 is 0 Å². The molecule has 0 amide bonds. The molecule has 3 heterocycles. The second-order valence-corrected chi connectivity index (χ2v) is 7.47. The second-order valence-electron chi connectivity index (χ2n) is 7.03. The van der Waals surface area contributed by atoms with Crippen LogP contribution in [0.2, 0.25) is 5.02 Å². The first-order valence-corrected chi connectivity index (χ1v) is 9.64. The summed E-state index contributed by atoms with van der Waals surface area (Å²) < 4.78 is 0. The number of piperazine rings is 1. The molecule has 0 saturated carbocycles. The second kappa shape index (κ2) is 6.87. The van der Waals surface area contributed by atoms with E-state index < -0.39 is 0 Å². The molecule has 3 aliphatic rings. The number of hydrogen-bond donors (Lipinski definition) is 2. The monoisotopic (exact) mass is 380 g/mol. The highest BCUT2D eigenvalue weighted by atomic mass is 35.5. The Balaban J connectivity index is 1.26. The molecule has 2 N–H and O–H groups in total. The maximum Gasteiger partial charge on any atom is 0.161 e. The summed E-state index contributed by atoms with van der Waals surface area (Å²) in [6.07, 6.45) is 0. The molecule has 1 saturated heterocycles. The number of nitrogens with one attached hydrogen (secondary N) is 2. The molecule has 0 unspecified atom stereocenters. The van der Waals surface area contributed by atoms with Gasteiger partial charge in [-0.1, -0.05) is 23.7 Å². The predicted molar refractivity (Wildman–Crippen MR) is 110 cm³/mol. The van der Waals surface area contributed by atoms with Gasteiger partial charge in [0.15, 0.2) is 5.84 Å². The molecule has 2 aromatic rings. The van der Waals surface area contributed by atoms with E-state index in [1.54, 1.807) is 0 Å². The minimum Gasteiger partial charge on any atom is -0.369 e. The van der Waals surface area contributed by atoms with Gasteiger partial charge in [0.25, 0.3) is 0 Å². The molecule has 5 rings (SSSR count). The number of rotatable bonds is 3. The molecule has 0 aliphatic carbocycles. The number of hydrogen-bond acceptors (Lipinski definition) is 6. The molecule has 0 spiro atoms. The highest BCUT2D eigenvalue weighted by Crippen LogP contribution is 2.28. The summed E-state index contributed by atoms with van der Waals surface area (Å²) in [6, 6.07) is 14.3. The van der Waals surface area contributed by atoms with E-state index in [2.05, 4.69) is 56.0 Å². The van der Waals surface area contributed by atoms with Crippen LogP contribution in [-0.2, 0) is 6.54 Å². The fourth-order valence-electron chi connectivity index (χ4n) is 3.86. The molecule has 0 atom stereocenters. The van der Waals surface area contributed by atoms with Crippen molar-refractivity contribution < 1.29 is 0 Å². The molecular formula is C20H21ClN6. The normalized spacial score (nSPS) is 18.8. The van der Waals surface area contributed by atoms with Crippen molar-refractivity contribution in [3.63, 3.8) is 0 Å². The van der Waals surface area contributed by atoms with E-state index in [1.165, 1.54) is 11.3 Å². The lowest BCUT2D eigenvalue weighted by molar-refractivity contribution is 0.290. The Hall–Kier alpha value is -2.57. The third-order valence-corrected chi connectivity index (χ3v) is 5.53. The van der Waals surface area contributed by atoms with E-state index in [0.717, 1.165) is 67.2 Å². The zero-order valence-electron chi connectivity index (χ0n) is 15.0. The number of aliphatic imine (C=N–C) groups is 1. The van der Waals surface area contributed by atoms with Crippen molar-refractivity contribution in [1.82, 2.24) is 15.6 Å². The summed E-state index contributed by atoms with van der Waals surface area (Å²) in [5.74, 6) is 1.85. The molecule has 0 bridgehead atoms.